The van der Waals surface area contributed by atoms with Crippen LogP contribution in [0.4, 0.5) is 0 Å². The number of nitrogens with zero attached hydrogens (tertiary/aromatic N) is 2. The molecule has 0 aromatic rings. The predicted molar refractivity (Wildman–Crippen MR) is 51.7 cm³/mol. The molecule has 1 unspecified atom stereocenters. The summed E-state index contributed by atoms with van der Waals surface area (Å²) in [5.41, 5.74) is 0. The Kier molecular flexibility index (Phi) is 2.41. The highest BCUT2D eigenvalue weighted by Gasteiger charge is 2.39. The van der Waals surface area contributed by atoms with Crippen molar-refractivity contribution in [3.05, 3.63) is 12.4 Å². The molecule has 1 atom stereocenters. The molecule has 0 saturated heterocycles. The summed E-state index contributed by atoms with van der Waals surface area (Å²) in [5.74, 6) is 0. The van der Waals surface area contributed by atoms with Crippen LogP contribution in [0.5, 0.6) is 0 Å². The fourth-order valence-electron chi connectivity index (χ4n) is 1.02. The van der Waals surface area contributed by atoms with E-state index in [2.05, 4.69) is 0 Å². The van der Waals surface area contributed by atoms with Crippen molar-refractivity contribution in [1.82, 2.24) is 4.31 Å². The first-order valence-corrected chi connectivity index (χ1v) is 7.47. The quantitative estimate of drug-likeness (QED) is 0.587. The van der Waals surface area contributed by atoms with Crippen molar-refractivity contribution >= 4 is 20.0 Å². The van der Waals surface area contributed by atoms with Crippen molar-refractivity contribution in [3.63, 3.8) is 0 Å². The molecule has 0 N–H and O–H groups in total. The van der Waals surface area contributed by atoms with Crippen molar-refractivity contribution in [1.29, 1.82) is 0 Å². The Morgan fingerprint density at radius 3 is 1.93 bits per heavy atom. The van der Waals surface area contributed by atoms with Crippen LogP contribution in [0.15, 0.2) is 12.4 Å². The van der Waals surface area contributed by atoms with Crippen molar-refractivity contribution in [2.45, 2.75) is 0 Å². The maximum absolute atomic E-state index is 11.3. The van der Waals surface area contributed by atoms with Gasteiger partial charge >= 0.3 is 0 Å². The Labute approximate surface area is 84.1 Å². The van der Waals surface area contributed by atoms with Gasteiger partial charge in [0.25, 0.3) is 10.0 Å². The van der Waals surface area contributed by atoms with Gasteiger partial charge in [0, 0.05) is 0 Å². The fraction of sp³-hybridized carbons (Fsp3) is 0.667. The summed E-state index contributed by atoms with van der Waals surface area (Å²) in [7, 11) is -5.28. The van der Waals surface area contributed by atoms with Crippen LogP contribution in [0, 0.1) is 0 Å². The third kappa shape index (κ3) is 1.91. The lowest BCUT2D eigenvalue weighted by atomic mass is 10.9. The second kappa shape index (κ2) is 2.94. The van der Waals surface area contributed by atoms with Gasteiger partial charge in [-0.05, 0) is 0 Å². The molecule has 14 heavy (non-hydrogen) atoms. The summed E-state index contributed by atoms with van der Waals surface area (Å²) in [6, 6.07) is 0. The van der Waals surface area contributed by atoms with Gasteiger partial charge in [0.05, 0.1) is 25.8 Å². The number of rotatable bonds is 2. The van der Waals surface area contributed by atoms with Crippen LogP contribution < -0.4 is 0 Å². The number of hydrogen-bond donors (Lipinski definition) is 0. The monoisotopic (exact) mass is 241 g/mol. The predicted octanol–water partition coefficient (Wildman–Crippen LogP) is -0.903. The summed E-state index contributed by atoms with van der Waals surface area (Å²) in [4.78, 5) is 0. The Morgan fingerprint density at radius 1 is 1.21 bits per heavy atom. The second-order valence-electron chi connectivity index (χ2n) is 3.50. The fourth-order valence-corrected chi connectivity index (χ4v) is 2.43. The lowest BCUT2D eigenvalue weighted by Gasteiger charge is -2.24. The largest absolute Gasteiger partial charge is 0.299 e. The van der Waals surface area contributed by atoms with Crippen molar-refractivity contribution in [2.24, 2.45) is 0 Å². The van der Waals surface area contributed by atoms with E-state index in [1.165, 1.54) is 19.4 Å². The Morgan fingerprint density at radius 2 is 1.71 bits per heavy atom. The summed E-state index contributed by atoms with van der Waals surface area (Å²) in [6.45, 7) is -0.0995. The SMILES string of the molecule is C[N+]1(S(C)(=O)=O)C=CN(S(C)(=O)=O)C1. The van der Waals surface area contributed by atoms with E-state index < -0.39 is 23.9 Å². The van der Waals surface area contributed by atoms with Crippen LogP contribution in [0.25, 0.3) is 0 Å². The number of hydrogen-bond acceptors (Lipinski definition) is 4. The van der Waals surface area contributed by atoms with Crippen LogP contribution in [0.3, 0.4) is 0 Å². The van der Waals surface area contributed by atoms with Crippen molar-refractivity contribution in [3.8, 4) is 0 Å². The van der Waals surface area contributed by atoms with E-state index in [1.807, 2.05) is 0 Å². The molecule has 1 aliphatic rings. The molecule has 1 heterocycles. The number of quaternary nitrogens is 1. The smallest absolute Gasteiger partial charge is 0.221 e. The van der Waals surface area contributed by atoms with Gasteiger partial charge in [-0.2, -0.15) is 12.3 Å². The first-order valence-electron chi connectivity index (χ1n) is 3.78. The van der Waals surface area contributed by atoms with Gasteiger partial charge in [-0.1, -0.05) is 0 Å². The van der Waals surface area contributed by atoms with Crippen LogP contribution >= 0.6 is 0 Å². The summed E-state index contributed by atoms with van der Waals surface area (Å²) >= 11 is 0. The van der Waals surface area contributed by atoms with E-state index in [-0.39, 0.29) is 6.67 Å². The molecule has 0 saturated carbocycles. The van der Waals surface area contributed by atoms with E-state index >= 15 is 0 Å². The molecule has 1 rings (SSSR count). The first kappa shape index (κ1) is 11.5. The van der Waals surface area contributed by atoms with Gasteiger partial charge in [0.2, 0.25) is 10.0 Å². The summed E-state index contributed by atoms with van der Waals surface area (Å²) < 4.78 is 45.5. The highest BCUT2D eigenvalue weighted by Crippen LogP contribution is 2.21. The van der Waals surface area contributed by atoms with E-state index in [0.29, 0.717) is 0 Å². The molecule has 82 valence electrons. The molecule has 0 amide bonds. The zero-order chi connectivity index (χ0) is 11.2. The molecule has 8 heteroatoms. The van der Waals surface area contributed by atoms with Gasteiger partial charge in [-0.15, -0.1) is 0 Å². The van der Waals surface area contributed by atoms with Crippen LogP contribution in [-0.2, 0) is 20.0 Å². The normalized spacial score (nSPS) is 28.4. The Balaban J connectivity index is 3.05. The zero-order valence-electron chi connectivity index (χ0n) is 8.21. The molecule has 0 fully saturated rings. The second-order valence-corrected chi connectivity index (χ2v) is 7.73. The van der Waals surface area contributed by atoms with Crippen LogP contribution in [0.1, 0.15) is 0 Å². The van der Waals surface area contributed by atoms with Gasteiger partial charge in [-0.3, -0.25) is 0 Å². The zero-order valence-corrected chi connectivity index (χ0v) is 9.84. The Bertz CT molecular complexity index is 464. The van der Waals surface area contributed by atoms with E-state index in [1.54, 1.807) is 0 Å². The molecule has 1 aliphatic heterocycles. The third-order valence-electron chi connectivity index (χ3n) is 2.15. The van der Waals surface area contributed by atoms with Gasteiger partial charge < -0.3 is 0 Å². The summed E-state index contributed by atoms with van der Waals surface area (Å²) in [5, 5.41) is 0. The van der Waals surface area contributed by atoms with Crippen molar-refractivity contribution < 1.29 is 20.7 Å². The van der Waals surface area contributed by atoms with Crippen molar-refractivity contribution in [2.75, 3.05) is 26.2 Å². The maximum atomic E-state index is 11.3. The molecule has 6 nitrogen and oxygen atoms in total. The average Bonchev–Trinajstić information content (AvgIpc) is 2.29. The van der Waals surface area contributed by atoms with Crippen LogP contribution in [0.2, 0.25) is 0 Å². The molecule has 0 aromatic carbocycles. The molecule has 0 aliphatic carbocycles. The molecular formula is C6H13N2O4S2+. The first-order chi connectivity index (χ1) is 6.06. The minimum atomic E-state index is -3.37. The van der Waals surface area contributed by atoms with Gasteiger partial charge in [0.1, 0.15) is 6.20 Å². The minimum Gasteiger partial charge on any atom is -0.221 e. The lowest BCUT2D eigenvalue weighted by Crippen LogP contribution is -2.46. The third-order valence-corrected chi connectivity index (χ3v) is 4.99. The van der Waals surface area contributed by atoms with E-state index in [0.717, 1.165) is 16.8 Å². The standard InChI is InChI=1S/C6H13N2O4S2/c1-8(14(3,11)12)5-4-7(6-8)13(2,9)10/h4-5H,6H2,1-3H3/q+1. The molecule has 0 radical (unpaired) electrons. The topological polar surface area (TPSA) is 71.5 Å². The van der Waals surface area contributed by atoms with Gasteiger partial charge in [0.15, 0.2) is 6.67 Å². The van der Waals surface area contributed by atoms with Crippen LogP contribution in [-0.4, -0.2) is 51.3 Å². The molecule has 0 aromatic heterocycles. The highest BCUT2D eigenvalue weighted by atomic mass is 32.2. The minimum absolute atomic E-state index is 0.0995. The van der Waals surface area contributed by atoms with Gasteiger partial charge in [-0.25, -0.2) is 12.7 Å². The number of sulfonamides is 2. The van der Waals surface area contributed by atoms with E-state index in [4.69, 9.17) is 0 Å². The maximum Gasteiger partial charge on any atom is 0.299 e. The lowest BCUT2D eigenvalue weighted by molar-refractivity contribution is -0.728. The summed E-state index contributed by atoms with van der Waals surface area (Å²) in [6.07, 6.45) is 4.73. The Hall–Kier alpha value is -0.600. The van der Waals surface area contributed by atoms with E-state index in [9.17, 15) is 16.8 Å². The highest BCUT2D eigenvalue weighted by molar-refractivity contribution is 7.88. The molecule has 0 spiro atoms. The molecular weight excluding hydrogens is 228 g/mol. The molecule has 0 bridgehead atoms. The average molecular weight is 241 g/mol.